The van der Waals surface area contributed by atoms with E-state index in [0.29, 0.717) is 6.04 Å². The van der Waals surface area contributed by atoms with Crippen molar-refractivity contribution < 1.29 is 0 Å². The molecule has 0 aliphatic heterocycles. The van der Waals surface area contributed by atoms with Crippen molar-refractivity contribution in [3.8, 4) is 0 Å². The Morgan fingerprint density at radius 1 is 1.28 bits per heavy atom. The van der Waals surface area contributed by atoms with Crippen LogP contribution in [0.15, 0.2) is 42.7 Å². The summed E-state index contributed by atoms with van der Waals surface area (Å²) in [4.78, 5) is 4.41. The smallest absolute Gasteiger partial charge is 0.125 e. The normalized spacial score (nSPS) is 12.6. The Labute approximate surface area is 109 Å². The molecule has 2 aromatic rings. The van der Waals surface area contributed by atoms with E-state index in [9.17, 15) is 0 Å². The number of rotatable bonds is 6. The molecule has 1 heterocycles. The van der Waals surface area contributed by atoms with Crippen molar-refractivity contribution in [3.05, 3.63) is 54.1 Å². The quantitative estimate of drug-likeness (QED) is 0.845. The fourth-order valence-electron chi connectivity index (χ4n) is 2.27. The summed E-state index contributed by atoms with van der Waals surface area (Å²) in [6.07, 6.45) is 7.26. The third-order valence-electron chi connectivity index (χ3n) is 3.32. The Morgan fingerprint density at radius 2 is 2.06 bits per heavy atom. The Balaban J connectivity index is 1.87. The zero-order valence-corrected chi connectivity index (χ0v) is 11.1. The van der Waals surface area contributed by atoms with E-state index >= 15 is 0 Å². The molecule has 0 saturated heterocycles. The largest absolute Gasteiger partial charge is 0.337 e. The van der Waals surface area contributed by atoms with Crippen LogP contribution in [0.4, 0.5) is 0 Å². The molecule has 1 aromatic carbocycles. The zero-order chi connectivity index (χ0) is 12.8. The van der Waals surface area contributed by atoms with Crippen LogP contribution in [0.5, 0.6) is 0 Å². The van der Waals surface area contributed by atoms with Crippen LogP contribution in [0, 0.1) is 0 Å². The molecule has 1 atom stereocenters. The maximum Gasteiger partial charge on any atom is 0.125 e. The summed E-state index contributed by atoms with van der Waals surface area (Å²) in [7, 11) is 4.05. The van der Waals surface area contributed by atoms with E-state index in [4.69, 9.17) is 0 Å². The van der Waals surface area contributed by atoms with Gasteiger partial charge in [-0.05, 0) is 31.9 Å². The summed E-state index contributed by atoms with van der Waals surface area (Å²) < 4.78 is 2.09. The van der Waals surface area contributed by atoms with Crippen molar-refractivity contribution >= 4 is 0 Å². The van der Waals surface area contributed by atoms with Gasteiger partial charge in [-0.2, -0.15) is 0 Å². The van der Waals surface area contributed by atoms with Crippen LogP contribution < -0.4 is 5.32 Å². The van der Waals surface area contributed by atoms with Crippen LogP contribution in [-0.4, -0.2) is 16.6 Å². The SMILES string of the molecule is CNC(CCCc1ccccc1)c1nccn1C. The highest BCUT2D eigenvalue weighted by molar-refractivity contribution is 5.14. The standard InChI is InChI=1S/C15H21N3/c1-16-14(15-17-11-12-18(15)2)10-6-9-13-7-4-3-5-8-13/h3-5,7-8,11-12,14,16H,6,9-10H2,1-2H3. The molecule has 3 nitrogen and oxygen atoms in total. The van der Waals surface area contributed by atoms with E-state index in [1.807, 2.05) is 26.5 Å². The van der Waals surface area contributed by atoms with E-state index < -0.39 is 0 Å². The minimum absolute atomic E-state index is 0.341. The van der Waals surface area contributed by atoms with E-state index in [1.165, 1.54) is 12.0 Å². The van der Waals surface area contributed by atoms with Crippen LogP contribution in [0.25, 0.3) is 0 Å². The zero-order valence-electron chi connectivity index (χ0n) is 11.1. The first kappa shape index (κ1) is 12.8. The van der Waals surface area contributed by atoms with Gasteiger partial charge in [-0.1, -0.05) is 30.3 Å². The van der Waals surface area contributed by atoms with Crippen LogP contribution in [0.1, 0.15) is 30.3 Å². The Hall–Kier alpha value is -1.61. The predicted octanol–water partition coefficient (Wildman–Crippen LogP) is 2.70. The lowest BCUT2D eigenvalue weighted by molar-refractivity contribution is 0.488. The number of nitrogens with one attached hydrogen (secondary N) is 1. The maximum absolute atomic E-state index is 4.41. The molecule has 0 amide bonds. The van der Waals surface area contributed by atoms with E-state index in [1.54, 1.807) is 0 Å². The second-order valence-corrected chi connectivity index (χ2v) is 4.62. The van der Waals surface area contributed by atoms with Gasteiger partial charge in [-0.25, -0.2) is 4.98 Å². The van der Waals surface area contributed by atoms with E-state index in [0.717, 1.165) is 18.7 Å². The summed E-state index contributed by atoms with van der Waals surface area (Å²) in [5.41, 5.74) is 1.41. The molecule has 0 spiro atoms. The molecule has 1 aromatic heterocycles. The first-order chi connectivity index (χ1) is 8.81. The van der Waals surface area contributed by atoms with Crippen molar-refractivity contribution in [2.45, 2.75) is 25.3 Å². The van der Waals surface area contributed by atoms with Crippen molar-refractivity contribution in [1.82, 2.24) is 14.9 Å². The van der Waals surface area contributed by atoms with Crippen LogP contribution in [-0.2, 0) is 13.5 Å². The molecule has 0 bridgehead atoms. The molecule has 0 radical (unpaired) electrons. The molecule has 0 aliphatic carbocycles. The molecule has 1 unspecified atom stereocenters. The second kappa shape index (κ2) is 6.36. The van der Waals surface area contributed by atoms with Gasteiger partial charge < -0.3 is 9.88 Å². The molecule has 18 heavy (non-hydrogen) atoms. The van der Waals surface area contributed by atoms with Gasteiger partial charge in [0.15, 0.2) is 0 Å². The van der Waals surface area contributed by atoms with Crippen molar-refractivity contribution in [1.29, 1.82) is 0 Å². The highest BCUT2D eigenvalue weighted by atomic mass is 15.1. The molecule has 0 saturated carbocycles. The highest BCUT2D eigenvalue weighted by Gasteiger charge is 2.12. The number of hydrogen-bond donors (Lipinski definition) is 1. The third kappa shape index (κ3) is 3.20. The lowest BCUT2D eigenvalue weighted by Crippen LogP contribution is -2.20. The number of benzene rings is 1. The van der Waals surface area contributed by atoms with Gasteiger partial charge in [0.25, 0.3) is 0 Å². The topological polar surface area (TPSA) is 29.9 Å². The van der Waals surface area contributed by atoms with Gasteiger partial charge >= 0.3 is 0 Å². The fraction of sp³-hybridized carbons (Fsp3) is 0.400. The summed E-state index contributed by atoms with van der Waals surface area (Å²) in [5, 5.41) is 3.35. The average Bonchev–Trinajstić information content (AvgIpc) is 2.82. The highest BCUT2D eigenvalue weighted by Crippen LogP contribution is 2.17. The molecular weight excluding hydrogens is 222 g/mol. The molecule has 0 aliphatic rings. The van der Waals surface area contributed by atoms with Gasteiger partial charge in [-0.15, -0.1) is 0 Å². The summed E-state index contributed by atoms with van der Waals surface area (Å²) in [5.74, 6) is 1.12. The number of imidazole rings is 1. The predicted molar refractivity (Wildman–Crippen MR) is 74.4 cm³/mol. The molecular formula is C15H21N3. The molecule has 2 rings (SSSR count). The van der Waals surface area contributed by atoms with Gasteiger partial charge in [0.1, 0.15) is 5.82 Å². The Morgan fingerprint density at radius 3 is 2.67 bits per heavy atom. The van der Waals surface area contributed by atoms with E-state index in [-0.39, 0.29) is 0 Å². The van der Waals surface area contributed by atoms with E-state index in [2.05, 4.69) is 45.2 Å². The second-order valence-electron chi connectivity index (χ2n) is 4.62. The maximum atomic E-state index is 4.41. The minimum Gasteiger partial charge on any atom is -0.337 e. The minimum atomic E-state index is 0.341. The molecule has 96 valence electrons. The van der Waals surface area contributed by atoms with Crippen molar-refractivity contribution in [3.63, 3.8) is 0 Å². The number of aryl methyl sites for hydroxylation is 2. The fourth-order valence-corrected chi connectivity index (χ4v) is 2.27. The lowest BCUT2D eigenvalue weighted by Gasteiger charge is -2.15. The Bertz CT molecular complexity index is 462. The van der Waals surface area contributed by atoms with Gasteiger partial charge in [0, 0.05) is 19.4 Å². The average molecular weight is 243 g/mol. The third-order valence-corrected chi connectivity index (χ3v) is 3.32. The van der Waals surface area contributed by atoms with Crippen LogP contribution >= 0.6 is 0 Å². The summed E-state index contributed by atoms with van der Waals surface area (Å²) >= 11 is 0. The molecule has 0 fully saturated rings. The lowest BCUT2D eigenvalue weighted by atomic mass is 10.0. The monoisotopic (exact) mass is 243 g/mol. The summed E-state index contributed by atoms with van der Waals surface area (Å²) in [6.45, 7) is 0. The number of hydrogen-bond acceptors (Lipinski definition) is 2. The molecule has 3 heteroatoms. The number of aromatic nitrogens is 2. The van der Waals surface area contributed by atoms with Crippen LogP contribution in [0.3, 0.4) is 0 Å². The Kier molecular flexibility index (Phi) is 4.53. The summed E-state index contributed by atoms with van der Waals surface area (Å²) in [6, 6.07) is 11.0. The van der Waals surface area contributed by atoms with Gasteiger partial charge in [0.05, 0.1) is 6.04 Å². The van der Waals surface area contributed by atoms with Crippen molar-refractivity contribution in [2.75, 3.05) is 7.05 Å². The first-order valence-corrected chi connectivity index (χ1v) is 6.49. The number of nitrogens with zero attached hydrogens (tertiary/aromatic N) is 2. The first-order valence-electron chi connectivity index (χ1n) is 6.49. The molecule has 1 N–H and O–H groups in total. The van der Waals surface area contributed by atoms with Crippen LogP contribution in [0.2, 0.25) is 0 Å². The van der Waals surface area contributed by atoms with Gasteiger partial charge in [-0.3, -0.25) is 0 Å². The van der Waals surface area contributed by atoms with Gasteiger partial charge in [0.2, 0.25) is 0 Å². The van der Waals surface area contributed by atoms with Crippen molar-refractivity contribution in [2.24, 2.45) is 7.05 Å².